The molecule has 0 amide bonds. The lowest BCUT2D eigenvalue weighted by Crippen LogP contribution is -2.23. The fraction of sp³-hybridized carbons (Fsp3) is 0.312. The predicted octanol–water partition coefficient (Wildman–Crippen LogP) is 2.13. The number of methoxy groups -OCH3 is 2. The molecule has 2 aromatic rings. The standard InChI is InChI=1S/C16H17NO4/c1-20-15(18)10-12(16(19)21-2)9-13-8-7-11-5-3-4-6-14(11)17-13/h3-8,12H,9-10H2,1-2H3. The van der Waals surface area contributed by atoms with Crippen molar-refractivity contribution in [1.29, 1.82) is 0 Å². The van der Waals surface area contributed by atoms with Crippen LogP contribution >= 0.6 is 0 Å². The molecule has 0 aliphatic rings. The van der Waals surface area contributed by atoms with Crippen LogP contribution in [0.5, 0.6) is 0 Å². The normalized spacial score (nSPS) is 11.9. The molecule has 0 radical (unpaired) electrons. The molecule has 2 rings (SSSR count). The van der Waals surface area contributed by atoms with Gasteiger partial charge >= 0.3 is 11.9 Å². The van der Waals surface area contributed by atoms with Gasteiger partial charge in [0, 0.05) is 17.5 Å². The molecule has 5 nitrogen and oxygen atoms in total. The third kappa shape index (κ3) is 3.78. The number of hydrogen-bond acceptors (Lipinski definition) is 5. The van der Waals surface area contributed by atoms with Crippen molar-refractivity contribution < 1.29 is 19.1 Å². The minimum absolute atomic E-state index is 0.0162. The van der Waals surface area contributed by atoms with Crippen LogP contribution in [-0.2, 0) is 25.5 Å². The average molecular weight is 287 g/mol. The minimum atomic E-state index is -0.587. The van der Waals surface area contributed by atoms with Crippen LogP contribution in [0.1, 0.15) is 12.1 Å². The van der Waals surface area contributed by atoms with Crippen LogP contribution in [0.4, 0.5) is 0 Å². The molecule has 0 bridgehead atoms. The van der Waals surface area contributed by atoms with Gasteiger partial charge in [-0.25, -0.2) is 0 Å². The van der Waals surface area contributed by atoms with Crippen molar-refractivity contribution in [3.63, 3.8) is 0 Å². The highest BCUT2D eigenvalue weighted by molar-refractivity contribution is 5.81. The Morgan fingerprint density at radius 3 is 2.57 bits per heavy atom. The van der Waals surface area contributed by atoms with E-state index < -0.39 is 17.9 Å². The lowest BCUT2D eigenvalue weighted by molar-refractivity contribution is -0.152. The van der Waals surface area contributed by atoms with E-state index in [0.29, 0.717) is 6.42 Å². The van der Waals surface area contributed by atoms with Gasteiger partial charge in [0.1, 0.15) is 0 Å². The zero-order valence-corrected chi connectivity index (χ0v) is 12.0. The van der Waals surface area contributed by atoms with Crippen LogP contribution in [0.2, 0.25) is 0 Å². The summed E-state index contributed by atoms with van der Waals surface area (Å²) in [6.07, 6.45) is 0.324. The zero-order valence-electron chi connectivity index (χ0n) is 12.0. The second kappa shape index (κ2) is 6.83. The fourth-order valence-corrected chi connectivity index (χ4v) is 2.16. The van der Waals surface area contributed by atoms with Crippen molar-refractivity contribution in [2.24, 2.45) is 5.92 Å². The first-order chi connectivity index (χ1) is 10.1. The van der Waals surface area contributed by atoms with Gasteiger partial charge in [-0.05, 0) is 12.1 Å². The zero-order chi connectivity index (χ0) is 15.2. The molecular weight excluding hydrogens is 270 g/mol. The van der Waals surface area contributed by atoms with Gasteiger partial charge in [0.25, 0.3) is 0 Å². The van der Waals surface area contributed by atoms with E-state index in [1.54, 1.807) is 0 Å². The number of aromatic nitrogens is 1. The topological polar surface area (TPSA) is 65.5 Å². The largest absolute Gasteiger partial charge is 0.469 e. The van der Waals surface area contributed by atoms with Crippen molar-refractivity contribution in [2.45, 2.75) is 12.8 Å². The number of esters is 2. The number of carbonyl (C=O) groups is 2. The van der Waals surface area contributed by atoms with Gasteiger partial charge in [-0.1, -0.05) is 24.3 Å². The van der Waals surface area contributed by atoms with E-state index in [4.69, 9.17) is 4.74 Å². The van der Waals surface area contributed by atoms with E-state index in [9.17, 15) is 9.59 Å². The number of carbonyl (C=O) groups excluding carboxylic acids is 2. The first-order valence-electron chi connectivity index (χ1n) is 6.63. The number of nitrogens with zero attached hydrogens (tertiary/aromatic N) is 1. The number of rotatable bonds is 5. The Balaban J connectivity index is 2.20. The maximum atomic E-state index is 11.8. The molecule has 0 N–H and O–H groups in total. The van der Waals surface area contributed by atoms with Gasteiger partial charge in [0.2, 0.25) is 0 Å². The highest BCUT2D eigenvalue weighted by Crippen LogP contribution is 2.17. The van der Waals surface area contributed by atoms with Gasteiger partial charge in [-0.2, -0.15) is 0 Å². The summed E-state index contributed by atoms with van der Waals surface area (Å²) in [4.78, 5) is 27.7. The van der Waals surface area contributed by atoms with E-state index in [1.165, 1.54) is 14.2 Å². The molecule has 1 atom stereocenters. The molecule has 0 aliphatic heterocycles. The van der Waals surface area contributed by atoms with Crippen molar-refractivity contribution in [3.05, 3.63) is 42.1 Å². The summed E-state index contributed by atoms with van der Waals surface area (Å²) >= 11 is 0. The summed E-state index contributed by atoms with van der Waals surface area (Å²) in [6, 6.07) is 11.5. The van der Waals surface area contributed by atoms with Crippen molar-refractivity contribution in [2.75, 3.05) is 14.2 Å². The number of pyridine rings is 1. The predicted molar refractivity (Wildman–Crippen MR) is 77.6 cm³/mol. The molecule has 0 saturated heterocycles. The Bertz CT molecular complexity index is 654. The molecule has 110 valence electrons. The smallest absolute Gasteiger partial charge is 0.309 e. The molecule has 1 aromatic carbocycles. The number of hydrogen-bond donors (Lipinski definition) is 0. The van der Waals surface area contributed by atoms with Crippen LogP contribution in [0, 0.1) is 5.92 Å². The van der Waals surface area contributed by atoms with E-state index >= 15 is 0 Å². The van der Waals surface area contributed by atoms with Crippen molar-refractivity contribution in [3.8, 4) is 0 Å². The third-order valence-electron chi connectivity index (χ3n) is 3.29. The van der Waals surface area contributed by atoms with Gasteiger partial charge in [0.05, 0.1) is 32.1 Å². The second-order valence-corrected chi connectivity index (χ2v) is 4.70. The Hall–Kier alpha value is -2.43. The summed E-state index contributed by atoms with van der Waals surface area (Å²) < 4.78 is 9.36. The Labute approximate surface area is 122 Å². The maximum absolute atomic E-state index is 11.8. The van der Waals surface area contributed by atoms with E-state index in [-0.39, 0.29) is 6.42 Å². The quantitative estimate of drug-likeness (QED) is 0.788. The number of ether oxygens (including phenoxy) is 2. The monoisotopic (exact) mass is 287 g/mol. The minimum Gasteiger partial charge on any atom is -0.469 e. The summed E-state index contributed by atoms with van der Waals surface area (Å²) in [6.45, 7) is 0. The summed E-state index contributed by atoms with van der Waals surface area (Å²) in [7, 11) is 2.60. The van der Waals surface area contributed by atoms with E-state index in [1.807, 2.05) is 36.4 Å². The van der Waals surface area contributed by atoms with Crippen LogP contribution < -0.4 is 0 Å². The van der Waals surface area contributed by atoms with Gasteiger partial charge in [-0.3, -0.25) is 14.6 Å². The SMILES string of the molecule is COC(=O)CC(Cc1ccc2ccccc2n1)C(=O)OC. The van der Waals surface area contributed by atoms with Crippen molar-refractivity contribution >= 4 is 22.8 Å². The summed E-state index contributed by atoms with van der Waals surface area (Å²) in [5.41, 5.74) is 1.60. The molecular formula is C16H17NO4. The van der Waals surface area contributed by atoms with Crippen LogP contribution in [0.25, 0.3) is 10.9 Å². The average Bonchev–Trinajstić information content (AvgIpc) is 2.53. The molecule has 1 aromatic heterocycles. The van der Waals surface area contributed by atoms with Crippen LogP contribution in [-0.4, -0.2) is 31.1 Å². The van der Waals surface area contributed by atoms with Crippen LogP contribution in [0.3, 0.4) is 0 Å². The molecule has 0 fully saturated rings. The molecule has 0 aliphatic carbocycles. The Kier molecular flexibility index (Phi) is 4.87. The number of benzene rings is 1. The second-order valence-electron chi connectivity index (χ2n) is 4.70. The number of fused-ring (bicyclic) bond motifs is 1. The molecule has 5 heteroatoms. The van der Waals surface area contributed by atoms with E-state index in [0.717, 1.165) is 16.6 Å². The summed E-state index contributed by atoms with van der Waals surface area (Å²) in [5, 5.41) is 1.03. The molecule has 0 saturated carbocycles. The third-order valence-corrected chi connectivity index (χ3v) is 3.29. The molecule has 21 heavy (non-hydrogen) atoms. The highest BCUT2D eigenvalue weighted by atomic mass is 16.5. The Morgan fingerprint density at radius 1 is 1.10 bits per heavy atom. The first kappa shape index (κ1) is 15.0. The maximum Gasteiger partial charge on any atom is 0.309 e. The lowest BCUT2D eigenvalue weighted by atomic mass is 9.99. The highest BCUT2D eigenvalue weighted by Gasteiger charge is 2.24. The fourth-order valence-electron chi connectivity index (χ4n) is 2.16. The van der Waals surface area contributed by atoms with Crippen molar-refractivity contribution in [1.82, 2.24) is 4.98 Å². The lowest BCUT2D eigenvalue weighted by Gasteiger charge is -2.13. The molecule has 1 unspecified atom stereocenters. The molecule has 1 heterocycles. The van der Waals surface area contributed by atoms with E-state index in [2.05, 4.69) is 9.72 Å². The first-order valence-corrected chi connectivity index (χ1v) is 6.63. The van der Waals surface area contributed by atoms with Crippen LogP contribution in [0.15, 0.2) is 36.4 Å². The number of para-hydroxylation sites is 1. The summed E-state index contributed by atoms with van der Waals surface area (Å²) in [5.74, 6) is -1.46. The van der Waals surface area contributed by atoms with Gasteiger partial charge < -0.3 is 9.47 Å². The van der Waals surface area contributed by atoms with Gasteiger partial charge in [-0.15, -0.1) is 0 Å². The van der Waals surface area contributed by atoms with Gasteiger partial charge in [0.15, 0.2) is 0 Å². The Morgan fingerprint density at radius 2 is 1.86 bits per heavy atom. The molecule has 0 spiro atoms.